The van der Waals surface area contributed by atoms with Crippen LogP contribution in [0.25, 0.3) is 0 Å². The molecule has 0 bridgehead atoms. The van der Waals surface area contributed by atoms with Gasteiger partial charge in [0, 0.05) is 12.6 Å². The first-order chi connectivity index (χ1) is 16.8. The molecule has 188 valence electrons. The molecule has 4 rings (SSSR count). The predicted molar refractivity (Wildman–Crippen MR) is 135 cm³/mol. The summed E-state index contributed by atoms with van der Waals surface area (Å²) < 4.78 is 32.4. The van der Waals surface area contributed by atoms with E-state index in [1.54, 1.807) is 24.3 Å². The largest absolute Gasteiger partial charge is 0.477 e. The minimum Gasteiger partial charge on any atom is -0.477 e. The highest BCUT2D eigenvalue weighted by Gasteiger charge is 2.37. The van der Waals surface area contributed by atoms with Crippen LogP contribution in [0.5, 0.6) is 5.75 Å². The van der Waals surface area contributed by atoms with Crippen LogP contribution in [0.15, 0.2) is 54.6 Å². The van der Waals surface area contributed by atoms with Gasteiger partial charge < -0.3 is 15.0 Å². The Labute approximate surface area is 207 Å². The van der Waals surface area contributed by atoms with Crippen LogP contribution in [-0.2, 0) is 26.0 Å². The Morgan fingerprint density at radius 2 is 1.71 bits per heavy atom. The molecule has 1 fully saturated rings. The molecule has 8 nitrogen and oxygen atoms in total. The van der Waals surface area contributed by atoms with E-state index in [2.05, 4.69) is 5.32 Å². The summed E-state index contributed by atoms with van der Waals surface area (Å²) in [6.45, 7) is 0.220. The van der Waals surface area contributed by atoms with E-state index >= 15 is 0 Å². The smallest absolute Gasteiger partial charge is 0.262 e. The van der Waals surface area contributed by atoms with Crippen LogP contribution in [0, 0.1) is 0 Å². The van der Waals surface area contributed by atoms with Gasteiger partial charge in [0.2, 0.25) is 15.9 Å². The SMILES string of the molecule is CS(=O)(=O)N(CC(=O)N1C[C@H](C(=O)NCCc2ccccc2)Oc2ccccc21)C1CCCCC1. The van der Waals surface area contributed by atoms with E-state index < -0.39 is 16.1 Å². The summed E-state index contributed by atoms with van der Waals surface area (Å²) in [5.41, 5.74) is 1.66. The average Bonchev–Trinajstić information content (AvgIpc) is 2.87. The van der Waals surface area contributed by atoms with Gasteiger partial charge in [0.25, 0.3) is 5.91 Å². The van der Waals surface area contributed by atoms with E-state index in [0.29, 0.717) is 24.4 Å². The molecule has 0 radical (unpaired) electrons. The predicted octanol–water partition coefficient (Wildman–Crippen LogP) is 2.73. The summed E-state index contributed by atoms with van der Waals surface area (Å²) in [5.74, 6) is -0.238. The van der Waals surface area contributed by atoms with Gasteiger partial charge in [-0.1, -0.05) is 61.7 Å². The van der Waals surface area contributed by atoms with Gasteiger partial charge in [0.05, 0.1) is 25.0 Å². The third kappa shape index (κ3) is 6.41. The quantitative estimate of drug-likeness (QED) is 0.603. The number of carbonyl (C=O) groups excluding carboxylic acids is 2. The number of nitrogens with one attached hydrogen (secondary N) is 1. The zero-order valence-electron chi connectivity index (χ0n) is 20.1. The number of benzene rings is 2. The monoisotopic (exact) mass is 499 g/mol. The van der Waals surface area contributed by atoms with Gasteiger partial charge in [0.1, 0.15) is 5.75 Å². The molecule has 1 saturated carbocycles. The summed E-state index contributed by atoms with van der Waals surface area (Å²) in [6, 6.07) is 16.7. The standard InChI is InChI=1S/C26H33N3O5S/c1-35(32,33)29(21-12-6-3-7-13-21)19-25(30)28-18-24(34-23-15-9-8-14-22(23)28)26(31)27-17-16-20-10-4-2-5-11-20/h2,4-5,8-11,14-15,21,24H,3,6-7,12-13,16-19H2,1H3,(H,27,31)/t24-/m1/s1. The van der Waals surface area contributed by atoms with E-state index in [0.717, 1.165) is 43.9 Å². The molecule has 9 heteroatoms. The van der Waals surface area contributed by atoms with Crippen LogP contribution in [0.1, 0.15) is 37.7 Å². The summed E-state index contributed by atoms with van der Waals surface area (Å²) in [7, 11) is -3.57. The van der Waals surface area contributed by atoms with Gasteiger partial charge in [-0.3, -0.25) is 9.59 Å². The number of hydrogen-bond acceptors (Lipinski definition) is 5. The lowest BCUT2D eigenvalue weighted by molar-refractivity contribution is -0.128. The molecule has 2 aliphatic rings. The van der Waals surface area contributed by atoms with Gasteiger partial charge in [-0.2, -0.15) is 4.31 Å². The number of anilines is 1. The lowest BCUT2D eigenvalue weighted by atomic mass is 9.95. The maximum atomic E-state index is 13.5. The molecule has 1 heterocycles. The molecule has 0 saturated heterocycles. The lowest BCUT2D eigenvalue weighted by Gasteiger charge is -2.37. The molecule has 35 heavy (non-hydrogen) atoms. The maximum Gasteiger partial charge on any atom is 0.262 e. The van der Waals surface area contributed by atoms with Crippen molar-refractivity contribution < 1.29 is 22.7 Å². The van der Waals surface area contributed by atoms with E-state index in [1.807, 2.05) is 30.3 Å². The second kappa shape index (κ2) is 11.2. The molecule has 1 N–H and O–H groups in total. The fourth-order valence-electron chi connectivity index (χ4n) is 4.80. The molecule has 0 spiro atoms. The first-order valence-corrected chi connectivity index (χ1v) is 14.0. The van der Waals surface area contributed by atoms with Gasteiger partial charge in [-0.15, -0.1) is 0 Å². The van der Waals surface area contributed by atoms with Crippen LogP contribution in [0.3, 0.4) is 0 Å². The Kier molecular flexibility index (Phi) is 8.07. The van der Waals surface area contributed by atoms with Crippen molar-refractivity contribution in [1.82, 2.24) is 9.62 Å². The van der Waals surface area contributed by atoms with Crippen molar-refractivity contribution in [2.75, 3.05) is 30.8 Å². The van der Waals surface area contributed by atoms with Crippen molar-refractivity contribution in [3.05, 3.63) is 60.2 Å². The van der Waals surface area contributed by atoms with Crippen molar-refractivity contribution in [3.8, 4) is 5.75 Å². The number of nitrogens with zero attached hydrogens (tertiary/aromatic N) is 2. The summed E-state index contributed by atoms with van der Waals surface area (Å²) >= 11 is 0. The third-order valence-corrected chi connectivity index (χ3v) is 7.90. The van der Waals surface area contributed by atoms with Crippen LogP contribution < -0.4 is 15.0 Å². The van der Waals surface area contributed by atoms with E-state index in [1.165, 1.54) is 9.21 Å². The van der Waals surface area contributed by atoms with Crippen molar-refractivity contribution in [2.45, 2.75) is 50.7 Å². The number of sulfonamides is 1. The summed E-state index contributed by atoms with van der Waals surface area (Å²) in [6.07, 6.45) is 5.46. The van der Waals surface area contributed by atoms with Crippen LogP contribution in [0.2, 0.25) is 0 Å². The molecule has 0 aromatic heterocycles. The number of ether oxygens (including phenoxy) is 1. The van der Waals surface area contributed by atoms with Gasteiger partial charge in [-0.05, 0) is 37.0 Å². The second-order valence-electron chi connectivity index (χ2n) is 9.21. The van der Waals surface area contributed by atoms with Crippen LogP contribution >= 0.6 is 0 Å². The fraction of sp³-hybridized carbons (Fsp3) is 0.462. The average molecular weight is 500 g/mol. The molecular weight excluding hydrogens is 466 g/mol. The number of hydrogen-bond donors (Lipinski definition) is 1. The lowest BCUT2D eigenvalue weighted by Crippen LogP contribution is -2.54. The molecular formula is C26H33N3O5S. The molecule has 0 unspecified atom stereocenters. The van der Waals surface area contributed by atoms with Crippen molar-refractivity contribution in [3.63, 3.8) is 0 Å². The molecule has 1 atom stereocenters. The van der Waals surface area contributed by atoms with Crippen molar-refractivity contribution in [2.24, 2.45) is 0 Å². The van der Waals surface area contributed by atoms with Gasteiger partial charge in [-0.25, -0.2) is 8.42 Å². The Balaban J connectivity index is 1.46. The molecule has 2 aromatic carbocycles. The Morgan fingerprint density at radius 3 is 2.43 bits per heavy atom. The van der Waals surface area contributed by atoms with Crippen LogP contribution in [0.4, 0.5) is 5.69 Å². The first kappa shape index (κ1) is 25.2. The van der Waals surface area contributed by atoms with E-state index in [-0.39, 0.29) is 30.9 Å². The zero-order chi connectivity index (χ0) is 24.8. The first-order valence-electron chi connectivity index (χ1n) is 12.2. The number of amides is 2. The van der Waals surface area contributed by atoms with E-state index in [9.17, 15) is 18.0 Å². The van der Waals surface area contributed by atoms with Crippen molar-refractivity contribution >= 4 is 27.5 Å². The number of para-hydroxylation sites is 2. The highest BCUT2D eigenvalue weighted by Crippen LogP contribution is 2.34. The maximum absolute atomic E-state index is 13.5. The molecule has 1 aliphatic carbocycles. The van der Waals surface area contributed by atoms with Crippen molar-refractivity contribution in [1.29, 1.82) is 0 Å². The Bertz CT molecular complexity index is 1130. The van der Waals surface area contributed by atoms with E-state index in [4.69, 9.17) is 4.74 Å². The second-order valence-corrected chi connectivity index (χ2v) is 11.1. The minimum absolute atomic E-state index is 0.0231. The number of carbonyl (C=O) groups is 2. The summed E-state index contributed by atoms with van der Waals surface area (Å²) in [5, 5.41) is 2.90. The number of rotatable bonds is 8. The van der Waals surface area contributed by atoms with Gasteiger partial charge >= 0.3 is 0 Å². The highest BCUT2D eigenvalue weighted by atomic mass is 32.2. The Hall–Kier alpha value is -2.91. The zero-order valence-corrected chi connectivity index (χ0v) is 20.9. The number of fused-ring (bicyclic) bond motifs is 1. The molecule has 2 aromatic rings. The topological polar surface area (TPSA) is 96.0 Å². The fourth-order valence-corrected chi connectivity index (χ4v) is 5.90. The Morgan fingerprint density at radius 1 is 1.03 bits per heavy atom. The molecule has 1 aliphatic heterocycles. The normalized spacial score (nSPS) is 18.6. The summed E-state index contributed by atoms with van der Waals surface area (Å²) in [4.78, 5) is 27.9. The van der Waals surface area contributed by atoms with Crippen LogP contribution in [-0.4, -0.2) is 62.6 Å². The third-order valence-electron chi connectivity index (χ3n) is 6.62. The molecule has 2 amide bonds. The van der Waals surface area contributed by atoms with Gasteiger partial charge in [0.15, 0.2) is 6.10 Å². The highest BCUT2D eigenvalue weighted by molar-refractivity contribution is 7.88. The minimum atomic E-state index is -3.57.